The molecule has 0 bridgehead atoms. The molecule has 2 heterocycles. The summed E-state index contributed by atoms with van der Waals surface area (Å²) in [6.07, 6.45) is 3.00. The van der Waals surface area contributed by atoms with E-state index in [2.05, 4.69) is 62.2 Å². The van der Waals surface area contributed by atoms with Gasteiger partial charge in [-0.15, -0.1) is 10.2 Å². The second-order valence-corrected chi connectivity index (χ2v) is 5.54. The zero-order valence-electron chi connectivity index (χ0n) is 12.6. The fraction of sp³-hybridized carbons (Fsp3) is 0.500. The van der Waals surface area contributed by atoms with Gasteiger partial charge in [0.05, 0.1) is 6.54 Å². The van der Waals surface area contributed by atoms with Crippen LogP contribution in [0.15, 0.2) is 36.7 Å². The lowest BCUT2D eigenvalue weighted by Crippen LogP contribution is -2.41. The monoisotopic (exact) mass is 285 g/mol. The molecule has 5 heteroatoms. The molecule has 1 atom stereocenters. The first kappa shape index (κ1) is 14.2. The molecule has 1 N–H and O–H groups in total. The summed E-state index contributed by atoms with van der Waals surface area (Å²) in [5, 5.41) is 11.8. The molecule has 2 aromatic rings. The Morgan fingerprint density at radius 3 is 2.90 bits per heavy atom. The van der Waals surface area contributed by atoms with Crippen molar-refractivity contribution in [2.24, 2.45) is 0 Å². The molecule has 112 valence electrons. The van der Waals surface area contributed by atoms with Crippen molar-refractivity contribution >= 4 is 0 Å². The van der Waals surface area contributed by atoms with Crippen LogP contribution < -0.4 is 5.32 Å². The van der Waals surface area contributed by atoms with E-state index in [0.29, 0.717) is 6.04 Å². The third-order valence-corrected chi connectivity index (χ3v) is 4.06. The number of hydrogen-bond donors (Lipinski definition) is 1. The fourth-order valence-corrected chi connectivity index (χ4v) is 2.90. The van der Waals surface area contributed by atoms with Gasteiger partial charge < -0.3 is 9.88 Å². The van der Waals surface area contributed by atoms with E-state index in [1.165, 1.54) is 5.56 Å². The van der Waals surface area contributed by atoms with E-state index >= 15 is 0 Å². The molecular weight excluding hydrogens is 262 g/mol. The summed E-state index contributed by atoms with van der Waals surface area (Å²) < 4.78 is 2.15. The number of fused-ring (bicyclic) bond motifs is 1. The van der Waals surface area contributed by atoms with Crippen molar-refractivity contribution in [3.05, 3.63) is 48.0 Å². The van der Waals surface area contributed by atoms with Gasteiger partial charge in [-0.2, -0.15) is 0 Å². The van der Waals surface area contributed by atoms with Crippen LogP contribution in [0.25, 0.3) is 0 Å². The molecule has 5 nitrogen and oxygen atoms in total. The molecule has 1 unspecified atom stereocenters. The first-order valence-electron chi connectivity index (χ1n) is 7.75. The van der Waals surface area contributed by atoms with Crippen LogP contribution in [0.5, 0.6) is 0 Å². The molecule has 1 aliphatic heterocycles. The van der Waals surface area contributed by atoms with Gasteiger partial charge >= 0.3 is 0 Å². The number of benzene rings is 1. The Labute approximate surface area is 126 Å². The van der Waals surface area contributed by atoms with Crippen LogP contribution in [-0.2, 0) is 13.1 Å². The lowest BCUT2D eigenvalue weighted by atomic mass is 10.0. The maximum atomic E-state index is 4.23. The minimum absolute atomic E-state index is 0.392. The molecule has 3 rings (SSSR count). The average Bonchev–Trinajstić information content (AvgIpc) is 3.00. The van der Waals surface area contributed by atoms with E-state index in [1.807, 2.05) is 6.33 Å². The van der Waals surface area contributed by atoms with E-state index in [-0.39, 0.29) is 0 Å². The molecule has 1 aromatic heterocycles. The third kappa shape index (κ3) is 3.31. The van der Waals surface area contributed by atoms with E-state index < -0.39 is 0 Å². The highest BCUT2D eigenvalue weighted by Crippen LogP contribution is 2.24. The Bertz CT molecular complexity index is 551. The van der Waals surface area contributed by atoms with Crippen molar-refractivity contribution in [3.63, 3.8) is 0 Å². The quantitative estimate of drug-likeness (QED) is 0.823. The van der Waals surface area contributed by atoms with Crippen molar-refractivity contribution in [2.45, 2.75) is 32.5 Å². The fourth-order valence-electron chi connectivity index (χ4n) is 2.90. The summed E-state index contributed by atoms with van der Waals surface area (Å²) in [7, 11) is 0. The van der Waals surface area contributed by atoms with Gasteiger partial charge in [0.15, 0.2) is 0 Å². The van der Waals surface area contributed by atoms with Crippen molar-refractivity contribution in [3.8, 4) is 0 Å². The SMILES string of the molecule is CCCNCC(c1ccccc1)N1CCn2cnnc2C1. The van der Waals surface area contributed by atoms with Gasteiger partial charge in [0.2, 0.25) is 0 Å². The van der Waals surface area contributed by atoms with Crippen LogP contribution in [0.1, 0.15) is 30.8 Å². The van der Waals surface area contributed by atoms with Crippen LogP contribution in [0, 0.1) is 0 Å². The van der Waals surface area contributed by atoms with E-state index in [1.54, 1.807) is 0 Å². The van der Waals surface area contributed by atoms with Gasteiger partial charge in [-0.1, -0.05) is 37.3 Å². The largest absolute Gasteiger partial charge is 0.315 e. The molecule has 0 saturated heterocycles. The predicted octanol–water partition coefficient (Wildman–Crippen LogP) is 1.83. The van der Waals surface area contributed by atoms with Gasteiger partial charge in [-0.3, -0.25) is 4.90 Å². The van der Waals surface area contributed by atoms with Gasteiger partial charge in [-0.05, 0) is 18.5 Å². The zero-order valence-corrected chi connectivity index (χ0v) is 12.6. The predicted molar refractivity (Wildman–Crippen MR) is 82.8 cm³/mol. The summed E-state index contributed by atoms with van der Waals surface area (Å²) in [5.41, 5.74) is 1.37. The maximum Gasteiger partial charge on any atom is 0.147 e. The zero-order chi connectivity index (χ0) is 14.5. The minimum atomic E-state index is 0.392. The minimum Gasteiger partial charge on any atom is -0.315 e. The molecule has 0 fully saturated rings. The first-order valence-corrected chi connectivity index (χ1v) is 7.75. The van der Waals surface area contributed by atoms with Gasteiger partial charge in [-0.25, -0.2) is 0 Å². The molecule has 0 saturated carbocycles. The number of nitrogens with one attached hydrogen (secondary N) is 1. The van der Waals surface area contributed by atoms with Gasteiger partial charge in [0.25, 0.3) is 0 Å². The Hall–Kier alpha value is -1.72. The lowest BCUT2D eigenvalue weighted by Gasteiger charge is -2.35. The van der Waals surface area contributed by atoms with E-state index in [0.717, 1.165) is 45.0 Å². The number of rotatable bonds is 6. The van der Waals surface area contributed by atoms with Crippen molar-refractivity contribution in [1.29, 1.82) is 0 Å². The van der Waals surface area contributed by atoms with Gasteiger partial charge in [0, 0.05) is 25.7 Å². The molecule has 1 aliphatic rings. The highest BCUT2D eigenvalue weighted by Gasteiger charge is 2.25. The molecule has 0 amide bonds. The lowest BCUT2D eigenvalue weighted by molar-refractivity contribution is 0.149. The molecular formula is C16H23N5. The van der Waals surface area contributed by atoms with Crippen molar-refractivity contribution in [2.75, 3.05) is 19.6 Å². The van der Waals surface area contributed by atoms with Crippen LogP contribution in [0.4, 0.5) is 0 Å². The van der Waals surface area contributed by atoms with Crippen molar-refractivity contribution < 1.29 is 0 Å². The molecule has 0 spiro atoms. The third-order valence-electron chi connectivity index (χ3n) is 4.06. The van der Waals surface area contributed by atoms with E-state index in [9.17, 15) is 0 Å². The summed E-state index contributed by atoms with van der Waals surface area (Å²) >= 11 is 0. The summed E-state index contributed by atoms with van der Waals surface area (Å²) in [4.78, 5) is 2.50. The summed E-state index contributed by atoms with van der Waals surface area (Å²) in [5.74, 6) is 1.07. The maximum absolute atomic E-state index is 4.23. The van der Waals surface area contributed by atoms with Crippen molar-refractivity contribution in [1.82, 2.24) is 25.0 Å². The molecule has 0 aliphatic carbocycles. The second-order valence-electron chi connectivity index (χ2n) is 5.54. The standard InChI is InChI=1S/C16H23N5/c1-2-8-17-11-15(14-6-4-3-5-7-14)20-9-10-21-13-18-19-16(21)12-20/h3-7,13,15,17H,2,8-12H2,1H3. The Morgan fingerprint density at radius 1 is 1.24 bits per heavy atom. The molecule has 0 radical (unpaired) electrons. The number of hydrogen-bond acceptors (Lipinski definition) is 4. The topological polar surface area (TPSA) is 46.0 Å². The van der Waals surface area contributed by atoms with Crippen LogP contribution in [-0.4, -0.2) is 39.3 Å². The highest BCUT2D eigenvalue weighted by atomic mass is 15.3. The molecule has 21 heavy (non-hydrogen) atoms. The summed E-state index contributed by atoms with van der Waals surface area (Å²) in [6, 6.07) is 11.1. The normalized spacial score (nSPS) is 16.6. The smallest absolute Gasteiger partial charge is 0.147 e. The van der Waals surface area contributed by atoms with Crippen LogP contribution >= 0.6 is 0 Å². The second kappa shape index (κ2) is 6.83. The Morgan fingerprint density at radius 2 is 2.10 bits per heavy atom. The average molecular weight is 285 g/mol. The molecule has 1 aromatic carbocycles. The number of aromatic nitrogens is 3. The van der Waals surface area contributed by atoms with Gasteiger partial charge in [0.1, 0.15) is 12.2 Å². The van der Waals surface area contributed by atoms with E-state index in [4.69, 9.17) is 0 Å². The number of nitrogens with zero attached hydrogens (tertiary/aromatic N) is 4. The Balaban J connectivity index is 1.76. The van der Waals surface area contributed by atoms with Crippen LogP contribution in [0.3, 0.4) is 0 Å². The highest BCUT2D eigenvalue weighted by molar-refractivity contribution is 5.20. The first-order chi connectivity index (χ1) is 10.4. The van der Waals surface area contributed by atoms with Crippen LogP contribution in [0.2, 0.25) is 0 Å². The summed E-state index contributed by atoms with van der Waals surface area (Å²) in [6.45, 7) is 7.12. The Kier molecular flexibility index (Phi) is 4.62.